The maximum atomic E-state index is 6.53. The molecule has 0 fully saturated rings. The van der Waals surface area contributed by atoms with E-state index in [0.29, 0.717) is 0 Å². The van der Waals surface area contributed by atoms with Crippen molar-refractivity contribution in [2.24, 2.45) is 0 Å². The Morgan fingerprint density at radius 2 is 1.18 bits per heavy atom. The van der Waals surface area contributed by atoms with Crippen molar-refractivity contribution in [1.29, 1.82) is 0 Å². The monoisotopic (exact) mass is 446 g/mol. The van der Waals surface area contributed by atoms with Crippen LogP contribution < -0.4 is 20.7 Å². The molecule has 1 nitrogen and oxygen atoms in total. The minimum absolute atomic E-state index is 0.269. The van der Waals surface area contributed by atoms with Crippen LogP contribution in [0, 0.1) is 0 Å². The first-order valence-electron chi connectivity index (χ1n) is 11.3. The van der Waals surface area contributed by atoms with Gasteiger partial charge in [-0.1, -0.05) is 103 Å². The minimum atomic E-state index is -0.778. The molecule has 33 heavy (non-hydrogen) atoms. The summed E-state index contributed by atoms with van der Waals surface area (Å²) < 4.78 is 6.53. The normalized spacial score (nSPS) is 13.5. The molecule has 0 N–H and O–H groups in total. The van der Waals surface area contributed by atoms with Crippen molar-refractivity contribution in [3.63, 3.8) is 0 Å². The number of hydrogen-bond acceptors (Lipinski definition) is 1. The Bertz CT molecular complexity index is 1230. The van der Waals surface area contributed by atoms with Crippen molar-refractivity contribution in [3.8, 4) is 11.5 Å². The fourth-order valence-corrected chi connectivity index (χ4v) is 7.64. The highest BCUT2D eigenvalue weighted by atomic mass is 31.1. The Morgan fingerprint density at radius 1 is 0.636 bits per heavy atom. The maximum Gasteiger partial charge on any atom is 0.132 e. The summed E-state index contributed by atoms with van der Waals surface area (Å²) in [5, 5.41) is 3.99. The van der Waals surface area contributed by atoms with Crippen molar-refractivity contribution in [2.75, 3.05) is 0 Å². The molecule has 1 heterocycles. The lowest BCUT2D eigenvalue weighted by Gasteiger charge is -2.42. The van der Waals surface area contributed by atoms with Crippen molar-refractivity contribution in [1.82, 2.24) is 0 Å². The number of fused-ring (bicyclic) bond motifs is 2. The van der Waals surface area contributed by atoms with Crippen LogP contribution >= 0.6 is 7.92 Å². The summed E-state index contributed by atoms with van der Waals surface area (Å²) in [5.41, 5.74) is 2.21. The van der Waals surface area contributed by atoms with Gasteiger partial charge in [0.2, 0.25) is 0 Å². The Morgan fingerprint density at radius 3 is 1.79 bits per heavy atom. The van der Waals surface area contributed by atoms with Crippen LogP contribution in [-0.4, -0.2) is 0 Å². The van der Waals surface area contributed by atoms with E-state index in [9.17, 15) is 0 Å². The van der Waals surface area contributed by atoms with Gasteiger partial charge in [-0.3, -0.25) is 0 Å². The van der Waals surface area contributed by atoms with E-state index in [0.717, 1.165) is 24.3 Å². The molecule has 2 heteroatoms. The Balaban J connectivity index is 1.83. The summed E-state index contributed by atoms with van der Waals surface area (Å²) in [6.07, 6.45) is 5.71. The first kappa shape index (κ1) is 21.4. The lowest BCUT2D eigenvalue weighted by Crippen LogP contribution is -2.37. The standard InChI is InChI=1S/C31H27OP/c1-3-22-31(23-4-2)26-18-11-12-19-27(26)32-28-20-13-21-29(30(28)31)33(24-14-7-5-8-15-24)25-16-9-6-10-17-25/h3-21H,1-2,22-23H2. The molecule has 0 amide bonds. The van der Waals surface area contributed by atoms with E-state index in [-0.39, 0.29) is 5.41 Å². The average molecular weight is 447 g/mol. The Kier molecular flexibility index (Phi) is 5.99. The molecular formula is C31H27OP. The third-order valence-corrected chi connectivity index (χ3v) is 8.84. The fraction of sp³-hybridized carbons (Fsp3) is 0.0968. The molecule has 4 aromatic rings. The highest BCUT2D eigenvalue weighted by molar-refractivity contribution is 7.80. The van der Waals surface area contributed by atoms with E-state index in [1.807, 2.05) is 18.2 Å². The van der Waals surface area contributed by atoms with Gasteiger partial charge in [-0.25, -0.2) is 0 Å². The number of hydrogen-bond donors (Lipinski definition) is 0. The summed E-state index contributed by atoms with van der Waals surface area (Å²) in [6, 6.07) is 36.7. The number of allylic oxidation sites excluding steroid dienone is 2. The topological polar surface area (TPSA) is 9.23 Å². The summed E-state index contributed by atoms with van der Waals surface area (Å²) in [5.74, 6) is 1.86. The van der Waals surface area contributed by atoms with Crippen LogP contribution in [0.15, 0.2) is 128 Å². The van der Waals surface area contributed by atoms with Crippen molar-refractivity contribution < 1.29 is 4.74 Å². The lowest BCUT2D eigenvalue weighted by atomic mass is 9.68. The molecule has 162 valence electrons. The molecule has 0 aliphatic carbocycles. The predicted molar refractivity (Wildman–Crippen MR) is 142 cm³/mol. The second kappa shape index (κ2) is 9.22. The molecule has 0 saturated carbocycles. The van der Waals surface area contributed by atoms with Crippen molar-refractivity contribution in [2.45, 2.75) is 18.3 Å². The zero-order chi connectivity index (χ0) is 22.7. The zero-order valence-corrected chi connectivity index (χ0v) is 19.5. The molecule has 0 bridgehead atoms. The van der Waals surface area contributed by atoms with Crippen LogP contribution in [0.2, 0.25) is 0 Å². The molecule has 1 aliphatic rings. The quantitative estimate of drug-likeness (QED) is 0.220. The number of rotatable bonds is 7. The summed E-state index contributed by atoms with van der Waals surface area (Å²) >= 11 is 0. The van der Waals surface area contributed by atoms with E-state index in [2.05, 4.69) is 110 Å². The van der Waals surface area contributed by atoms with Crippen LogP contribution in [-0.2, 0) is 5.41 Å². The number of ether oxygens (including phenoxy) is 1. The van der Waals surface area contributed by atoms with Gasteiger partial charge < -0.3 is 4.74 Å². The van der Waals surface area contributed by atoms with Gasteiger partial charge in [-0.05, 0) is 48.8 Å². The van der Waals surface area contributed by atoms with Crippen LogP contribution in [0.25, 0.3) is 0 Å². The van der Waals surface area contributed by atoms with Crippen molar-refractivity contribution in [3.05, 3.63) is 140 Å². The highest BCUT2D eigenvalue weighted by Gasteiger charge is 2.43. The SMILES string of the molecule is C=CCC1(CC=C)c2ccccc2Oc2cccc(P(c3ccccc3)c3ccccc3)c21. The van der Waals surface area contributed by atoms with Gasteiger partial charge in [0.05, 0.1) is 0 Å². The van der Waals surface area contributed by atoms with Crippen LogP contribution in [0.3, 0.4) is 0 Å². The molecule has 0 atom stereocenters. The van der Waals surface area contributed by atoms with E-state index < -0.39 is 7.92 Å². The summed E-state index contributed by atoms with van der Waals surface area (Å²) in [7, 11) is -0.778. The first-order chi connectivity index (χ1) is 16.3. The van der Waals surface area contributed by atoms with E-state index in [1.165, 1.54) is 27.0 Å². The molecular weight excluding hydrogens is 419 g/mol. The van der Waals surface area contributed by atoms with Gasteiger partial charge in [-0.2, -0.15) is 0 Å². The van der Waals surface area contributed by atoms with Gasteiger partial charge in [0, 0.05) is 16.5 Å². The minimum Gasteiger partial charge on any atom is -0.457 e. The second-order valence-corrected chi connectivity index (χ2v) is 10.5. The number of para-hydroxylation sites is 1. The third-order valence-electron chi connectivity index (χ3n) is 6.36. The van der Waals surface area contributed by atoms with Gasteiger partial charge in [0.1, 0.15) is 11.5 Å². The Hall–Kier alpha value is -3.41. The molecule has 0 saturated heterocycles. The lowest BCUT2D eigenvalue weighted by molar-refractivity contribution is 0.394. The van der Waals surface area contributed by atoms with Gasteiger partial charge >= 0.3 is 0 Å². The number of benzene rings is 4. The smallest absolute Gasteiger partial charge is 0.132 e. The summed E-state index contributed by atoms with van der Waals surface area (Å²) in [4.78, 5) is 0. The zero-order valence-electron chi connectivity index (χ0n) is 18.7. The second-order valence-electron chi connectivity index (χ2n) is 8.32. The van der Waals surface area contributed by atoms with Crippen LogP contribution in [0.4, 0.5) is 0 Å². The molecule has 0 unspecified atom stereocenters. The molecule has 0 spiro atoms. The third kappa shape index (κ3) is 3.73. The summed E-state index contributed by atoms with van der Waals surface area (Å²) in [6.45, 7) is 8.30. The Labute approximate surface area is 197 Å². The maximum absolute atomic E-state index is 6.53. The van der Waals surface area contributed by atoms with E-state index >= 15 is 0 Å². The molecule has 5 rings (SSSR count). The average Bonchev–Trinajstić information content (AvgIpc) is 2.86. The van der Waals surface area contributed by atoms with Crippen molar-refractivity contribution >= 4 is 23.8 Å². The van der Waals surface area contributed by atoms with E-state index in [1.54, 1.807) is 0 Å². The fourth-order valence-electron chi connectivity index (χ4n) is 5.06. The van der Waals surface area contributed by atoms with E-state index in [4.69, 9.17) is 4.74 Å². The first-order valence-corrected chi connectivity index (χ1v) is 12.7. The molecule has 0 radical (unpaired) electrons. The molecule has 0 aromatic heterocycles. The van der Waals surface area contributed by atoms with Gasteiger partial charge in [0.25, 0.3) is 0 Å². The highest BCUT2D eigenvalue weighted by Crippen LogP contribution is 2.54. The van der Waals surface area contributed by atoms with Crippen LogP contribution in [0.1, 0.15) is 24.0 Å². The predicted octanol–water partition coefficient (Wildman–Crippen LogP) is 6.99. The molecule has 4 aromatic carbocycles. The van der Waals surface area contributed by atoms with Crippen LogP contribution in [0.5, 0.6) is 11.5 Å². The van der Waals surface area contributed by atoms with Gasteiger partial charge in [0.15, 0.2) is 0 Å². The van der Waals surface area contributed by atoms with Gasteiger partial charge in [-0.15, -0.1) is 13.2 Å². The molecule has 1 aliphatic heterocycles. The largest absolute Gasteiger partial charge is 0.457 e.